The maximum absolute atomic E-state index is 9.10. The summed E-state index contributed by atoms with van der Waals surface area (Å²) in [6.45, 7) is 4.62. The third-order valence-corrected chi connectivity index (χ3v) is 4.98. The van der Waals surface area contributed by atoms with Gasteiger partial charge >= 0.3 is 0 Å². The van der Waals surface area contributed by atoms with E-state index in [2.05, 4.69) is 13.8 Å². The van der Waals surface area contributed by atoms with Crippen LogP contribution in [-0.2, 0) is 6.42 Å². The van der Waals surface area contributed by atoms with Gasteiger partial charge in [-0.3, -0.25) is 0 Å². The number of fused-ring (bicyclic) bond motifs is 1. The van der Waals surface area contributed by atoms with E-state index in [9.17, 15) is 0 Å². The molecule has 0 aliphatic heterocycles. The first-order chi connectivity index (χ1) is 10.2. The van der Waals surface area contributed by atoms with E-state index in [1.807, 2.05) is 12.1 Å². The number of hydrogen-bond acceptors (Lipinski definition) is 1. The Morgan fingerprint density at radius 2 is 1.52 bits per heavy atom. The minimum Gasteiger partial charge on any atom is -0.508 e. The quantitative estimate of drug-likeness (QED) is 0.640. The minimum atomic E-state index is 0.361. The molecular weight excluding hydrogens is 256 g/mol. The Hall–Kier alpha value is -0.980. The fraction of sp³-hybridized carbons (Fsp3) is 0.700. The van der Waals surface area contributed by atoms with Crippen molar-refractivity contribution >= 4 is 0 Å². The summed E-state index contributed by atoms with van der Waals surface area (Å²) in [6.07, 6.45) is 12.4. The molecule has 3 rings (SSSR count). The highest BCUT2D eigenvalue weighted by atomic mass is 16.3. The molecule has 2 aliphatic carbocycles. The molecule has 0 radical (unpaired) electrons. The third kappa shape index (κ3) is 6.11. The third-order valence-electron chi connectivity index (χ3n) is 4.98. The number of aryl methyl sites for hydroxylation is 1. The van der Waals surface area contributed by atoms with Crippen LogP contribution in [0.4, 0.5) is 0 Å². The molecule has 1 aromatic rings. The van der Waals surface area contributed by atoms with E-state index in [0.717, 1.165) is 12.3 Å². The maximum atomic E-state index is 9.10. The zero-order valence-electron chi connectivity index (χ0n) is 13.9. The molecule has 0 spiro atoms. The lowest BCUT2D eigenvalue weighted by Crippen LogP contribution is -1.86. The average molecular weight is 288 g/mol. The fourth-order valence-corrected chi connectivity index (χ4v) is 3.61. The number of rotatable bonds is 6. The zero-order chi connectivity index (χ0) is 15.1. The largest absolute Gasteiger partial charge is 0.508 e. The fourth-order valence-electron chi connectivity index (χ4n) is 3.61. The summed E-state index contributed by atoms with van der Waals surface area (Å²) in [4.78, 5) is 0. The van der Waals surface area contributed by atoms with E-state index in [1.165, 1.54) is 49.5 Å². The maximum Gasteiger partial charge on any atom is 0.115 e. The smallest absolute Gasteiger partial charge is 0.115 e. The minimum absolute atomic E-state index is 0.361. The molecule has 0 bridgehead atoms. The summed E-state index contributed by atoms with van der Waals surface area (Å²) in [5, 5.41) is 9.10. The van der Waals surface area contributed by atoms with Crippen LogP contribution in [0.5, 0.6) is 5.75 Å². The first-order valence-electron chi connectivity index (χ1n) is 8.97. The second-order valence-corrected chi connectivity index (χ2v) is 7.16. The molecule has 2 atom stereocenters. The van der Waals surface area contributed by atoms with E-state index in [0.29, 0.717) is 5.75 Å². The van der Waals surface area contributed by atoms with E-state index in [1.54, 1.807) is 31.4 Å². The van der Waals surface area contributed by atoms with Gasteiger partial charge in [-0.05, 0) is 67.6 Å². The number of benzene rings is 1. The SMILES string of the molecule is CC1CC2CC2C1.CCCCCCCc1ccc(O)cc1. The van der Waals surface area contributed by atoms with Gasteiger partial charge in [-0.1, -0.05) is 51.7 Å². The Bertz CT molecular complexity index is 385. The summed E-state index contributed by atoms with van der Waals surface area (Å²) in [7, 11) is 0. The van der Waals surface area contributed by atoms with Gasteiger partial charge in [-0.25, -0.2) is 0 Å². The molecule has 0 aromatic heterocycles. The number of unbranched alkanes of at least 4 members (excludes halogenated alkanes) is 4. The van der Waals surface area contributed by atoms with Crippen LogP contribution in [0.25, 0.3) is 0 Å². The predicted octanol–water partition coefficient (Wildman–Crippen LogP) is 5.96. The van der Waals surface area contributed by atoms with Crippen molar-refractivity contribution in [2.75, 3.05) is 0 Å². The standard InChI is InChI=1S/C13H20O.C7H12/c1-2-3-4-5-6-7-12-8-10-13(14)11-9-12;1-5-2-6-4-7(6)3-5/h8-11,14H,2-7H2,1H3;5-7H,2-4H2,1H3. The topological polar surface area (TPSA) is 20.2 Å². The van der Waals surface area contributed by atoms with Crippen molar-refractivity contribution in [1.29, 1.82) is 0 Å². The van der Waals surface area contributed by atoms with Crippen molar-refractivity contribution in [3.05, 3.63) is 29.8 Å². The lowest BCUT2D eigenvalue weighted by molar-refractivity contribution is 0.475. The van der Waals surface area contributed by atoms with Gasteiger partial charge in [0.05, 0.1) is 0 Å². The van der Waals surface area contributed by atoms with Crippen molar-refractivity contribution in [2.45, 2.75) is 71.6 Å². The summed E-state index contributed by atoms with van der Waals surface area (Å²) in [5.41, 5.74) is 1.33. The molecule has 21 heavy (non-hydrogen) atoms. The van der Waals surface area contributed by atoms with Gasteiger partial charge in [-0.2, -0.15) is 0 Å². The van der Waals surface area contributed by atoms with Crippen molar-refractivity contribution in [2.24, 2.45) is 17.8 Å². The van der Waals surface area contributed by atoms with Gasteiger partial charge in [0.1, 0.15) is 5.75 Å². The Labute approximate surface area is 130 Å². The molecule has 1 heteroatoms. The zero-order valence-corrected chi connectivity index (χ0v) is 13.9. The Morgan fingerprint density at radius 1 is 0.905 bits per heavy atom. The molecule has 0 saturated heterocycles. The van der Waals surface area contributed by atoms with Crippen LogP contribution in [0.3, 0.4) is 0 Å². The van der Waals surface area contributed by atoms with Crippen LogP contribution in [0.2, 0.25) is 0 Å². The highest BCUT2D eigenvalue weighted by Crippen LogP contribution is 2.53. The first-order valence-corrected chi connectivity index (χ1v) is 8.97. The van der Waals surface area contributed by atoms with Crippen molar-refractivity contribution in [1.82, 2.24) is 0 Å². The molecule has 1 nitrogen and oxygen atoms in total. The van der Waals surface area contributed by atoms with Crippen molar-refractivity contribution < 1.29 is 5.11 Å². The second kappa shape index (κ2) is 8.46. The molecule has 2 saturated carbocycles. The molecule has 2 aliphatic rings. The highest BCUT2D eigenvalue weighted by molar-refractivity contribution is 5.25. The molecular formula is C20H32O. The number of aromatic hydroxyl groups is 1. The molecule has 0 amide bonds. The van der Waals surface area contributed by atoms with Crippen LogP contribution in [0.1, 0.15) is 70.8 Å². The van der Waals surface area contributed by atoms with Crippen LogP contribution < -0.4 is 0 Å². The summed E-state index contributed by atoms with van der Waals surface area (Å²) in [5.74, 6) is 3.81. The van der Waals surface area contributed by atoms with Gasteiger partial charge < -0.3 is 5.11 Å². The average Bonchev–Trinajstić information content (AvgIpc) is 3.09. The monoisotopic (exact) mass is 288 g/mol. The van der Waals surface area contributed by atoms with E-state index in [-0.39, 0.29) is 0 Å². The molecule has 118 valence electrons. The van der Waals surface area contributed by atoms with Gasteiger partial charge in [0.2, 0.25) is 0 Å². The molecule has 2 unspecified atom stereocenters. The van der Waals surface area contributed by atoms with Crippen LogP contribution in [0.15, 0.2) is 24.3 Å². The number of phenols is 1. The van der Waals surface area contributed by atoms with Gasteiger partial charge in [0, 0.05) is 0 Å². The van der Waals surface area contributed by atoms with E-state index >= 15 is 0 Å². The molecule has 1 N–H and O–H groups in total. The van der Waals surface area contributed by atoms with Gasteiger partial charge in [0.25, 0.3) is 0 Å². The van der Waals surface area contributed by atoms with Crippen LogP contribution >= 0.6 is 0 Å². The highest BCUT2D eigenvalue weighted by Gasteiger charge is 2.43. The summed E-state index contributed by atoms with van der Waals surface area (Å²) >= 11 is 0. The van der Waals surface area contributed by atoms with Gasteiger partial charge in [0.15, 0.2) is 0 Å². The Balaban J connectivity index is 0.000000189. The van der Waals surface area contributed by atoms with Crippen molar-refractivity contribution in [3.8, 4) is 5.75 Å². The summed E-state index contributed by atoms with van der Waals surface area (Å²) < 4.78 is 0. The second-order valence-electron chi connectivity index (χ2n) is 7.16. The predicted molar refractivity (Wildman–Crippen MR) is 90.6 cm³/mol. The summed E-state index contributed by atoms with van der Waals surface area (Å²) in [6, 6.07) is 7.55. The van der Waals surface area contributed by atoms with Crippen LogP contribution in [-0.4, -0.2) is 5.11 Å². The van der Waals surface area contributed by atoms with Crippen molar-refractivity contribution in [3.63, 3.8) is 0 Å². The normalized spacial score (nSPS) is 25.9. The Morgan fingerprint density at radius 3 is 2.05 bits per heavy atom. The molecule has 1 aromatic carbocycles. The Kier molecular flexibility index (Phi) is 6.60. The molecule has 0 heterocycles. The van der Waals surface area contributed by atoms with Gasteiger partial charge in [-0.15, -0.1) is 0 Å². The lowest BCUT2D eigenvalue weighted by atomic mass is 10.1. The number of hydrogen-bond donors (Lipinski definition) is 1. The first kappa shape index (κ1) is 16.4. The number of phenolic OH excluding ortho intramolecular Hbond substituents is 1. The molecule has 2 fully saturated rings. The van der Waals surface area contributed by atoms with Crippen LogP contribution in [0, 0.1) is 17.8 Å². The van der Waals surface area contributed by atoms with E-state index in [4.69, 9.17) is 5.11 Å². The lowest BCUT2D eigenvalue weighted by Gasteiger charge is -2.01. The van der Waals surface area contributed by atoms with E-state index < -0.39 is 0 Å².